The van der Waals surface area contributed by atoms with Gasteiger partial charge in [-0.3, -0.25) is 4.79 Å². The summed E-state index contributed by atoms with van der Waals surface area (Å²) >= 11 is 5.98. The van der Waals surface area contributed by atoms with Gasteiger partial charge in [0, 0.05) is 10.6 Å². The molecule has 2 aromatic rings. The maximum atomic E-state index is 12.3. The molecule has 2 rings (SSSR count). The second-order valence-electron chi connectivity index (χ2n) is 4.94. The van der Waals surface area contributed by atoms with Crippen molar-refractivity contribution in [2.75, 3.05) is 11.1 Å². The fraction of sp³-hybridized carbons (Fsp3) is 0.188. The van der Waals surface area contributed by atoms with Crippen molar-refractivity contribution in [1.82, 2.24) is 0 Å². The van der Waals surface area contributed by atoms with Crippen LogP contribution in [0.25, 0.3) is 0 Å². The number of rotatable bonds is 2. The van der Waals surface area contributed by atoms with E-state index in [1.165, 1.54) is 0 Å². The number of benzene rings is 2. The molecule has 0 aromatic heterocycles. The first-order valence-electron chi connectivity index (χ1n) is 6.32. The Labute approximate surface area is 123 Å². The molecule has 0 aliphatic heterocycles. The number of carbonyl (C=O) groups is 1. The van der Waals surface area contributed by atoms with Gasteiger partial charge in [-0.2, -0.15) is 0 Å². The molecule has 0 radical (unpaired) electrons. The van der Waals surface area contributed by atoms with Crippen molar-refractivity contribution in [2.24, 2.45) is 0 Å². The van der Waals surface area contributed by atoms with Crippen molar-refractivity contribution in [1.29, 1.82) is 0 Å². The Morgan fingerprint density at radius 2 is 1.85 bits per heavy atom. The van der Waals surface area contributed by atoms with E-state index in [0.717, 1.165) is 16.7 Å². The highest BCUT2D eigenvalue weighted by atomic mass is 35.5. The van der Waals surface area contributed by atoms with Crippen LogP contribution in [0.15, 0.2) is 30.3 Å². The van der Waals surface area contributed by atoms with Gasteiger partial charge < -0.3 is 11.1 Å². The summed E-state index contributed by atoms with van der Waals surface area (Å²) in [6.07, 6.45) is 0. The van der Waals surface area contributed by atoms with Crippen molar-refractivity contribution in [3.63, 3.8) is 0 Å². The molecule has 0 bridgehead atoms. The summed E-state index contributed by atoms with van der Waals surface area (Å²) in [5.74, 6) is -0.212. The monoisotopic (exact) mass is 288 g/mol. The van der Waals surface area contributed by atoms with Crippen LogP contribution in [0.5, 0.6) is 0 Å². The van der Waals surface area contributed by atoms with Crippen LogP contribution in [0.1, 0.15) is 27.0 Å². The van der Waals surface area contributed by atoms with Gasteiger partial charge in [0.05, 0.1) is 11.4 Å². The molecule has 1 amide bonds. The summed E-state index contributed by atoms with van der Waals surface area (Å²) in [7, 11) is 0. The van der Waals surface area contributed by atoms with Crippen molar-refractivity contribution in [3.05, 3.63) is 57.6 Å². The van der Waals surface area contributed by atoms with Crippen LogP contribution in [0.4, 0.5) is 11.4 Å². The zero-order valence-electron chi connectivity index (χ0n) is 11.8. The summed E-state index contributed by atoms with van der Waals surface area (Å²) in [6, 6.07) is 8.98. The second kappa shape index (κ2) is 5.55. The van der Waals surface area contributed by atoms with Gasteiger partial charge in [0.15, 0.2) is 0 Å². The van der Waals surface area contributed by atoms with Crippen molar-refractivity contribution in [2.45, 2.75) is 20.8 Å². The molecule has 20 heavy (non-hydrogen) atoms. The number of hydrogen-bond acceptors (Lipinski definition) is 2. The highest BCUT2D eigenvalue weighted by Crippen LogP contribution is 2.26. The molecule has 0 saturated heterocycles. The first kappa shape index (κ1) is 14.4. The van der Waals surface area contributed by atoms with Gasteiger partial charge in [-0.15, -0.1) is 0 Å². The summed E-state index contributed by atoms with van der Waals surface area (Å²) in [5.41, 5.74) is 10.7. The molecule has 0 unspecified atom stereocenters. The topological polar surface area (TPSA) is 55.1 Å². The van der Waals surface area contributed by atoms with Crippen LogP contribution in [0.3, 0.4) is 0 Å². The lowest BCUT2D eigenvalue weighted by molar-refractivity contribution is 0.102. The average Bonchev–Trinajstić information content (AvgIpc) is 2.38. The molecule has 0 saturated carbocycles. The van der Waals surface area contributed by atoms with Gasteiger partial charge in [-0.1, -0.05) is 17.7 Å². The summed E-state index contributed by atoms with van der Waals surface area (Å²) in [6.45, 7) is 5.81. The summed E-state index contributed by atoms with van der Waals surface area (Å²) < 4.78 is 0. The van der Waals surface area contributed by atoms with Crippen LogP contribution in [-0.4, -0.2) is 5.91 Å². The molecule has 3 N–H and O–H groups in total. The number of aryl methyl sites for hydroxylation is 2. The zero-order chi connectivity index (χ0) is 14.9. The van der Waals surface area contributed by atoms with Crippen LogP contribution in [0.2, 0.25) is 5.02 Å². The minimum absolute atomic E-state index is 0.212. The quantitative estimate of drug-likeness (QED) is 0.818. The van der Waals surface area contributed by atoms with Gasteiger partial charge in [0.1, 0.15) is 0 Å². The van der Waals surface area contributed by atoms with Crippen molar-refractivity contribution >= 4 is 28.9 Å². The molecule has 104 valence electrons. The second-order valence-corrected chi connectivity index (χ2v) is 5.38. The molecular formula is C16H17ClN2O. The minimum Gasteiger partial charge on any atom is -0.397 e. The third-order valence-electron chi connectivity index (χ3n) is 3.31. The first-order valence-corrected chi connectivity index (χ1v) is 6.70. The van der Waals surface area contributed by atoms with E-state index < -0.39 is 0 Å². The number of nitrogen functional groups attached to an aromatic ring is 1. The first-order chi connectivity index (χ1) is 9.38. The molecule has 0 spiro atoms. The maximum Gasteiger partial charge on any atom is 0.255 e. The lowest BCUT2D eigenvalue weighted by Gasteiger charge is -2.13. The van der Waals surface area contributed by atoms with E-state index >= 15 is 0 Å². The predicted molar refractivity (Wildman–Crippen MR) is 84.5 cm³/mol. The number of amides is 1. The van der Waals surface area contributed by atoms with E-state index in [-0.39, 0.29) is 5.91 Å². The van der Waals surface area contributed by atoms with Gasteiger partial charge in [0.25, 0.3) is 5.91 Å². The summed E-state index contributed by atoms with van der Waals surface area (Å²) in [4.78, 5) is 12.3. The summed E-state index contributed by atoms with van der Waals surface area (Å²) in [5, 5.41) is 3.41. The molecule has 0 fully saturated rings. The SMILES string of the molecule is Cc1cc(Cl)cc(C(=O)Nc2c(N)ccc(C)c2C)c1. The van der Waals surface area contributed by atoms with Gasteiger partial charge >= 0.3 is 0 Å². The number of carbonyl (C=O) groups excluding carboxylic acids is 1. The van der Waals surface area contributed by atoms with E-state index in [0.29, 0.717) is 22.0 Å². The number of hydrogen-bond donors (Lipinski definition) is 2. The Balaban J connectivity index is 2.35. The number of halogens is 1. The minimum atomic E-state index is -0.212. The Morgan fingerprint density at radius 1 is 1.15 bits per heavy atom. The Morgan fingerprint density at radius 3 is 2.50 bits per heavy atom. The third kappa shape index (κ3) is 2.94. The molecule has 0 heterocycles. The van der Waals surface area contributed by atoms with Crippen molar-refractivity contribution in [3.8, 4) is 0 Å². The average molecular weight is 289 g/mol. The lowest BCUT2D eigenvalue weighted by atomic mass is 10.1. The van der Waals surface area contributed by atoms with E-state index in [2.05, 4.69) is 5.32 Å². The Kier molecular flexibility index (Phi) is 4.00. The highest BCUT2D eigenvalue weighted by molar-refractivity contribution is 6.31. The van der Waals surface area contributed by atoms with Gasteiger partial charge in [-0.05, 0) is 61.7 Å². The highest BCUT2D eigenvalue weighted by Gasteiger charge is 2.12. The largest absolute Gasteiger partial charge is 0.397 e. The molecule has 0 aliphatic carbocycles. The molecule has 0 atom stereocenters. The molecular weight excluding hydrogens is 272 g/mol. The molecule has 2 aromatic carbocycles. The fourth-order valence-corrected chi connectivity index (χ4v) is 2.35. The molecule has 4 heteroatoms. The number of anilines is 2. The number of nitrogens with two attached hydrogens (primary N) is 1. The van der Waals surface area contributed by atoms with Gasteiger partial charge in [0.2, 0.25) is 0 Å². The van der Waals surface area contributed by atoms with Crippen molar-refractivity contribution < 1.29 is 4.79 Å². The van der Waals surface area contributed by atoms with Crippen LogP contribution in [-0.2, 0) is 0 Å². The van der Waals surface area contributed by atoms with E-state index in [4.69, 9.17) is 17.3 Å². The number of nitrogens with one attached hydrogen (secondary N) is 1. The maximum absolute atomic E-state index is 12.3. The Bertz CT molecular complexity index is 660. The van der Waals surface area contributed by atoms with Crippen LogP contribution < -0.4 is 11.1 Å². The lowest BCUT2D eigenvalue weighted by Crippen LogP contribution is -2.14. The zero-order valence-corrected chi connectivity index (χ0v) is 12.5. The third-order valence-corrected chi connectivity index (χ3v) is 3.53. The van der Waals surface area contributed by atoms with E-state index in [1.807, 2.05) is 32.9 Å². The van der Waals surface area contributed by atoms with Gasteiger partial charge in [-0.25, -0.2) is 0 Å². The smallest absolute Gasteiger partial charge is 0.255 e. The normalized spacial score (nSPS) is 10.4. The fourth-order valence-electron chi connectivity index (χ4n) is 2.06. The van der Waals surface area contributed by atoms with Crippen LogP contribution >= 0.6 is 11.6 Å². The Hall–Kier alpha value is -2.00. The standard InChI is InChI=1S/C16H17ClN2O/c1-9-6-12(8-13(17)7-9)16(20)19-15-11(3)10(2)4-5-14(15)18/h4-8H,18H2,1-3H3,(H,19,20). The van der Waals surface area contributed by atoms with E-state index in [9.17, 15) is 4.79 Å². The molecule has 3 nitrogen and oxygen atoms in total. The van der Waals surface area contributed by atoms with E-state index in [1.54, 1.807) is 18.2 Å². The van der Waals surface area contributed by atoms with Crippen LogP contribution in [0, 0.1) is 20.8 Å². The predicted octanol–water partition coefficient (Wildman–Crippen LogP) is 4.10. The molecule has 0 aliphatic rings.